The zero-order valence-electron chi connectivity index (χ0n) is 13.7. The maximum atomic E-state index is 12.6. The van der Waals surface area contributed by atoms with Gasteiger partial charge in [-0.3, -0.25) is 10.1 Å². The first kappa shape index (κ1) is 19.5. The van der Waals surface area contributed by atoms with Gasteiger partial charge in [0.05, 0.1) is 28.1 Å². The third kappa shape index (κ3) is 4.85. The summed E-state index contributed by atoms with van der Waals surface area (Å²) >= 11 is 12.1. The average molecular weight is 394 g/mol. The van der Waals surface area contributed by atoms with Gasteiger partial charge in [0.25, 0.3) is 0 Å². The van der Waals surface area contributed by atoms with Crippen molar-refractivity contribution in [1.29, 1.82) is 0 Å². The van der Waals surface area contributed by atoms with Crippen LogP contribution in [0.2, 0.25) is 10.2 Å². The minimum absolute atomic E-state index is 0.00858. The van der Waals surface area contributed by atoms with Gasteiger partial charge in [-0.1, -0.05) is 37.0 Å². The van der Waals surface area contributed by atoms with Crippen molar-refractivity contribution in [2.45, 2.75) is 33.5 Å². The summed E-state index contributed by atoms with van der Waals surface area (Å²) in [7, 11) is 0. The summed E-state index contributed by atoms with van der Waals surface area (Å²) in [6.45, 7) is 6.53. The number of aryl methyl sites for hydroxylation is 1. The van der Waals surface area contributed by atoms with E-state index in [-0.39, 0.29) is 10.8 Å². The van der Waals surface area contributed by atoms with Crippen molar-refractivity contribution in [2.75, 3.05) is 5.43 Å². The van der Waals surface area contributed by atoms with Crippen molar-refractivity contribution < 1.29 is 13.2 Å². The highest BCUT2D eigenvalue weighted by Gasteiger charge is 2.31. The largest absolute Gasteiger partial charge is 0.417 e. The second kappa shape index (κ2) is 7.61. The molecule has 0 aromatic carbocycles. The van der Waals surface area contributed by atoms with Gasteiger partial charge in [0, 0.05) is 12.7 Å². The minimum Gasteiger partial charge on any atom is -0.260 e. The minimum atomic E-state index is -4.51. The van der Waals surface area contributed by atoms with Crippen LogP contribution in [0.1, 0.15) is 30.7 Å². The lowest BCUT2D eigenvalue weighted by Gasteiger charge is -2.08. The maximum Gasteiger partial charge on any atom is 0.417 e. The highest BCUT2D eigenvalue weighted by atomic mass is 35.5. The van der Waals surface area contributed by atoms with E-state index in [1.807, 2.05) is 13.8 Å². The Bertz CT molecular complexity index is 784. The van der Waals surface area contributed by atoms with E-state index in [9.17, 15) is 13.2 Å². The van der Waals surface area contributed by atoms with Crippen LogP contribution in [0.4, 0.5) is 19.0 Å². The molecule has 136 valence electrons. The van der Waals surface area contributed by atoms with Gasteiger partial charge in [0.15, 0.2) is 5.82 Å². The normalized spacial score (nSPS) is 12.4. The van der Waals surface area contributed by atoms with E-state index in [4.69, 9.17) is 23.2 Å². The molecule has 10 heteroatoms. The fourth-order valence-corrected chi connectivity index (χ4v) is 2.51. The lowest BCUT2D eigenvalue weighted by Crippen LogP contribution is -2.06. The highest BCUT2D eigenvalue weighted by Crippen LogP contribution is 2.32. The summed E-state index contributed by atoms with van der Waals surface area (Å²) in [6, 6.07) is 0.783. The number of hydrogen-bond donors (Lipinski definition) is 1. The molecule has 0 bridgehead atoms. The molecule has 2 aromatic rings. The Morgan fingerprint density at radius 3 is 2.60 bits per heavy atom. The molecule has 0 atom stereocenters. The standard InChI is InChI=1S/C15H16Cl2F3N5/c1-8(2)7-25-13(17)11(9(3)24-25)6-22-23-14-12(16)4-10(5-21-14)15(18,19)20/h4-6,8H,7H2,1-3H3,(H,21,23)/b22-6-. The number of hydrogen-bond acceptors (Lipinski definition) is 4. The molecule has 0 saturated heterocycles. The molecule has 0 aliphatic carbocycles. The fourth-order valence-electron chi connectivity index (χ4n) is 2.01. The van der Waals surface area contributed by atoms with Crippen LogP contribution < -0.4 is 5.43 Å². The molecule has 2 rings (SSSR count). The van der Waals surface area contributed by atoms with Crippen LogP contribution in [-0.2, 0) is 12.7 Å². The summed E-state index contributed by atoms with van der Waals surface area (Å²) in [5, 5.41) is 8.51. The first-order valence-corrected chi connectivity index (χ1v) is 8.10. The zero-order valence-corrected chi connectivity index (χ0v) is 15.2. The molecular weight excluding hydrogens is 378 g/mol. The second-order valence-corrected chi connectivity index (χ2v) is 6.55. The Morgan fingerprint density at radius 1 is 1.36 bits per heavy atom. The van der Waals surface area contributed by atoms with Gasteiger partial charge in [-0.15, -0.1) is 0 Å². The average Bonchev–Trinajstić information content (AvgIpc) is 2.74. The molecule has 2 aromatic heterocycles. The predicted molar refractivity (Wildman–Crippen MR) is 92.3 cm³/mol. The molecule has 0 spiro atoms. The van der Waals surface area contributed by atoms with Gasteiger partial charge in [-0.25, -0.2) is 4.98 Å². The van der Waals surface area contributed by atoms with E-state index in [1.54, 1.807) is 11.6 Å². The van der Waals surface area contributed by atoms with Crippen LogP contribution in [0.15, 0.2) is 17.4 Å². The summed E-state index contributed by atoms with van der Waals surface area (Å²) in [5.41, 5.74) is 2.87. The Balaban J connectivity index is 2.15. The van der Waals surface area contributed by atoms with Crippen LogP contribution in [0, 0.1) is 12.8 Å². The van der Waals surface area contributed by atoms with Crippen molar-refractivity contribution in [3.05, 3.63) is 39.3 Å². The molecule has 1 N–H and O–H groups in total. The number of aromatic nitrogens is 3. The molecule has 0 aliphatic heterocycles. The fraction of sp³-hybridized carbons (Fsp3) is 0.400. The Labute approximate surface area is 152 Å². The SMILES string of the molecule is Cc1nn(CC(C)C)c(Cl)c1/C=N\Nc1ncc(C(F)(F)F)cc1Cl. The van der Waals surface area contributed by atoms with Gasteiger partial charge in [0.1, 0.15) is 5.15 Å². The van der Waals surface area contributed by atoms with Gasteiger partial charge in [0.2, 0.25) is 0 Å². The van der Waals surface area contributed by atoms with Crippen molar-refractivity contribution >= 4 is 35.2 Å². The molecule has 0 radical (unpaired) electrons. The maximum absolute atomic E-state index is 12.6. The van der Waals surface area contributed by atoms with Crippen LogP contribution in [-0.4, -0.2) is 21.0 Å². The number of nitrogens with zero attached hydrogens (tertiary/aromatic N) is 4. The van der Waals surface area contributed by atoms with Crippen molar-refractivity contribution in [2.24, 2.45) is 11.0 Å². The molecule has 5 nitrogen and oxygen atoms in total. The number of alkyl halides is 3. The monoisotopic (exact) mass is 393 g/mol. The number of nitrogens with one attached hydrogen (secondary N) is 1. The molecule has 25 heavy (non-hydrogen) atoms. The quantitative estimate of drug-likeness (QED) is 0.573. The van der Waals surface area contributed by atoms with E-state index in [1.165, 1.54) is 6.21 Å². The Kier molecular flexibility index (Phi) is 5.95. The zero-order chi connectivity index (χ0) is 18.8. The van der Waals surface area contributed by atoms with Crippen LogP contribution in [0.25, 0.3) is 0 Å². The second-order valence-electron chi connectivity index (χ2n) is 5.79. The van der Waals surface area contributed by atoms with E-state index < -0.39 is 11.7 Å². The molecule has 0 saturated carbocycles. The number of anilines is 1. The van der Waals surface area contributed by atoms with Crippen molar-refractivity contribution in [1.82, 2.24) is 14.8 Å². The first-order chi connectivity index (χ1) is 11.6. The third-order valence-corrected chi connectivity index (χ3v) is 3.87. The van der Waals surface area contributed by atoms with E-state index in [0.29, 0.717) is 35.1 Å². The summed E-state index contributed by atoms with van der Waals surface area (Å²) in [6.07, 6.45) is -2.39. The number of halogens is 5. The van der Waals surface area contributed by atoms with E-state index in [2.05, 4.69) is 20.6 Å². The topological polar surface area (TPSA) is 55.1 Å². The van der Waals surface area contributed by atoms with E-state index in [0.717, 1.165) is 6.07 Å². The summed E-state index contributed by atoms with van der Waals surface area (Å²) in [5.74, 6) is 0.379. The Hall–Kier alpha value is -1.80. The Morgan fingerprint density at radius 2 is 2.04 bits per heavy atom. The first-order valence-electron chi connectivity index (χ1n) is 7.34. The van der Waals surface area contributed by atoms with Crippen molar-refractivity contribution in [3.8, 4) is 0 Å². The van der Waals surface area contributed by atoms with E-state index >= 15 is 0 Å². The van der Waals surface area contributed by atoms with Crippen LogP contribution in [0.5, 0.6) is 0 Å². The molecule has 0 fully saturated rings. The third-order valence-electron chi connectivity index (χ3n) is 3.18. The number of pyridine rings is 1. The predicted octanol–water partition coefficient (Wildman–Crippen LogP) is 5.01. The summed E-state index contributed by atoms with van der Waals surface area (Å²) < 4.78 is 39.4. The lowest BCUT2D eigenvalue weighted by atomic mass is 10.2. The van der Waals surface area contributed by atoms with Crippen molar-refractivity contribution in [3.63, 3.8) is 0 Å². The van der Waals surface area contributed by atoms with Gasteiger partial charge in [-0.2, -0.15) is 23.4 Å². The smallest absolute Gasteiger partial charge is 0.260 e. The van der Waals surface area contributed by atoms with Crippen LogP contribution in [0.3, 0.4) is 0 Å². The number of hydrazone groups is 1. The van der Waals surface area contributed by atoms with Gasteiger partial charge >= 0.3 is 6.18 Å². The van der Waals surface area contributed by atoms with Gasteiger partial charge < -0.3 is 0 Å². The van der Waals surface area contributed by atoms with Gasteiger partial charge in [-0.05, 0) is 18.9 Å². The molecule has 2 heterocycles. The molecule has 0 amide bonds. The highest BCUT2D eigenvalue weighted by molar-refractivity contribution is 6.33. The van der Waals surface area contributed by atoms with Crippen LogP contribution >= 0.6 is 23.2 Å². The molecule has 0 unspecified atom stereocenters. The lowest BCUT2D eigenvalue weighted by molar-refractivity contribution is -0.137. The molecule has 0 aliphatic rings. The summed E-state index contributed by atoms with van der Waals surface area (Å²) in [4.78, 5) is 3.63. The number of rotatable bonds is 5. The molecular formula is C15H16Cl2F3N5.